The van der Waals surface area contributed by atoms with Crippen LogP contribution in [0.4, 0.5) is 65.9 Å². The molecule has 0 atom stereocenters. The molecule has 0 unspecified atom stereocenters. The van der Waals surface area contributed by atoms with E-state index in [9.17, 15) is 13.2 Å². The Bertz CT molecular complexity index is 3430. The van der Waals surface area contributed by atoms with Crippen LogP contribution in [0.2, 0.25) is 0 Å². The van der Waals surface area contributed by atoms with Crippen molar-refractivity contribution in [2.75, 3.05) is 0 Å². The van der Waals surface area contributed by atoms with E-state index in [1.54, 1.807) is 0 Å². The fourth-order valence-electron chi connectivity index (χ4n) is 6.50. The zero-order valence-electron chi connectivity index (χ0n) is 29.4. The zero-order valence-corrected chi connectivity index (χ0v) is 43.2. The molecule has 1 aliphatic rings. The number of hydrogen-bond acceptors (Lipinski definition) is 1. The Morgan fingerprint density at radius 2 is 0.431 bits per heavy atom. The Kier molecular flexibility index (Phi) is 13.9. The number of nitrogens with zero attached hydrogens (tertiary/aromatic N) is 4. The van der Waals surface area contributed by atoms with Crippen LogP contribution in [-0.2, 0) is 17.1 Å². The molecule has 4 aromatic heterocycles. The summed E-state index contributed by atoms with van der Waals surface area (Å²) >= 11 is 24.9. The van der Waals surface area contributed by atoms with E-state index in [1.165, 1.54) is 0 Å². The number of hydrogen-bond donors (Lipinski definition) is 0. The summed E-state index contributed by atoms with van der Waals surface area (Å²) in [6, 6.07) is 0. The Morgan fingerprint density at radius 1 is 0.246 bits per heavy atom. The van der Waals surface area contributed by atoms with Crippen LogP contribution in [0, 0.1) is 87.3 Å². The third kappa shape index (κ3) is 7.29. The summed E-state index contributed by atoms with van der Waals surface area (Å²) in [7, 11) is 0. The van der Waals surface area contributed by atoms with E-state index in [-0.39, 0.29) is 35.0 Å². The van der Waals surface area contributed by atoms with E-state index in [4.69, 9.17) is 0 Å². The molecule has 0 saturated carbocycles. The van der Waals surface area contributed by atoms with Crippen molar-refractivity contribution in [3.63, 3.8) is 0 Å². The smallest absolute Gasteiger partial charge is 0.656 e. The van der Waals surface area contributed by atoms with Crippen molar-refractivity contribution in [1.29, 1.82) is 0 Å². The first kappa shape index (κ1) is 50.6. The minimum absolute atomic E-state index is 0. The predicted octanol–water partition coefficient (Wildman–Crippen LogP) is 16.7. The van der Waals surface area contributed by atoms with Crippen molar-refractivity contribution in [2.45, 2.75) is 0 Å². The summed E-state index contributed by atoms with van der Waals surface area (Å²) in [5.41, 5.74) is -15.0. The molecule has 0 saturated heterocycles. The molecule has 3 aromatic carbocycles. The quantitative estimate of drug-likeness (QED) is 0.0766. The SMILES string of the molecule is Fc1c(F)c(F)c(-c2c3nc(c(-c4c(F)c(F)c(F)c(F)c4F)c4[n-]c(c(Br)c4Br)c4[n-]c(c(Br)c4Br)c(-c4c(F)c(F)c(F)c(F)c4F)c4[n-]c2c(Br)c4Br)C(Br)=C3Br)c(F)c1F.[Mn+3]. The third-order valence-electron chi connectivity index (χ3n) is 9.35. The summed E-state index contributed by atoms with van der Waals surface area (Å²) < 4.78 is 227. The van der Waals surface area contributed by atoms with Gasteiger partial charge in [-0.25, -0.2) is 70.8 Å². The molecule has 0 N–H and O–H groups in total. The molecule has 336 valence electrons. The Hall–Kier alpha value is -2.30. The van der Waals surface area contributed by atoms with Gasteiger partial charge in [-0.15, -0.1) is 33.1 Å². The van der Waals surface area contributed by atoms with Crippen LogP contribution in [0.3, 0.4) is 0 Å². The largest absolute Gasteiger partial charge is 3.00 e. The van der Waals surface area contributed by atoms with Gasteiger partial charge in [-0.3, -0.25) is 0 Å². The molecule has 5 heterocycles. The first-order chi connectivity index (χ1) is 29.9. The fraction of sp³-hybridized carbons (Fsp3) is 0. The van der Waals surface area contributed by atoms with Gasteiger partial charge in [0.2, 0.25) is 17.5 Å². The van der Waals surface area contributed by atoms with Gasteiger partial charge in [0.05, 0.1) is 37.0 Å². The summed E-state index contributed by atoms with van der Waals surface area (Å²) in [6.07, 6.45) is 0. The van der Waals surface area contributed by atoms with Crippen molar-refractivity contribution in [3.8, 4) is 33.4 Å². The molecule has 8 bridgehead atoms. The van der Waals surface area contributed by atoms with E-state index in [0.717, 1.165) is 0 Å². The first-order valence-corrected chi connectivity index (χ1v) is 22.5. The summed E-state index contributed by atoms with van der Waals surface area (Å²) in [5.74, 6) is -38.0. The van der Waals surface area contributed by atoms with Crippen molar-refractivity contribution in [2.24, 2.45) is 0 Å². The number of aromatic nitrogens is 4. The normalized spacial score (nSPS) is 12.4. The number of fused-ring (bicyclic) bond motifs is 9. The second-order valence-electron chi connectivity index (χ2n) is 12.7. The minimum Gasteiger partial charge on any atom is -0.656 e. The fourth-order valence-corrected chi connectivity index (χ4v) is 10.3. The van der Waals surface area contributed by atoms with E-state index in [0.29, 0.717) is 0 Å². The molecule has 28 heteroatoms. The van der Waals surface area contributed by atoms with Gasteiger partial charge in [-0.05, 0) is 37.4 Å². The Balaban J connectivity index is 0.00000630. The van der Waals surface area contributed by atoms with Gasteiger partial charge >= 0.3 is 17.1 Å². The third-order valence-corrected chi connectivity index (χ3v) is 17.7. The Labute approximate surface area is 427 Å². The van der Waals surface area contributed by atoms with Gasteiger partial charge in [-0.1, -0.05) is 95.6 Å². The van der Waals surface area contributed by atoms with Crippen LogP contribution >= 0.6 is 127 Å². The monoisotopic (exact) mass is 1470 g/mol. The van der Waals surface area contributed by atoms with Crippen LogP contribution in [0.15, 0.2) is 26.8 Å². The van der Waals surface area contributed by atoms with Crippen molar-refractivity contribution in [3.05, 3.63) is 125 Å². The molecular formula is C37Br8F15MnN4. The summed E-state index contributed by atoms with van der Waals surface area (Å²) in [5, 5.41) is 0. The molecule has 7 aromatic rings. The second kappa shape index (κ2) is 17.9. The van der Waals surface area contributed by atoms with Gasteiger partial charge < -0.3 is 15.0 Å². The second-order valence-corrected chi connectivity index (χ2v) is 19.1. The zero-order chi connectivity index (χ0) is 47.2. The average Bonchev–Trinajstić information content (AvgIpc) is 3.93. The standard InChI is InChI=1S/C37Br8F15N4.Mn/c38-7-9(40)32-5(2-17(48)23(54)28(59)24(55)18(2)49)34-11(42)13(44)36(63-34)37-14(45)12(43)35(64-37)6(3-19(50)25(56)29(60)26(57)20(3)51)33-10(41)8(39)31(62-33)4(30(7)61-32)1-15(46)21(52)27(58)22(53)16(1)47;/q-3;+3. The van der Waals surface area contributed by atoms with Crippen LogP contribution < -0.4 is 15.0 Å². The molecule has 0 fully saturated rings. The van der Waals surface area contributed by atoms with Crippen LogP contribution in [0.25, 0.3) is 75.4 Å². The molecule has 0 amide bonds. The van der Waals surface area contributed by atoms with Crippen LogP contribution in [0.5, 0.6) is 0 Å². The van der Waals surface area contributed by atoms with Crippen molar-refractivity contribution < 1.29 is 82.9 Å². The van der Waals surface area contributed by atoms with Crippen LogP contribution in [0.1, 0.15) is 11.4 Å². The maximum Gasteiger partial charge on any atom is 3.00 e. The van der Waals surface area contributed by atoms with Crippen molar-refractivity contribution >= 4 is 170 Å². The predicted molar refractivity (Wildman–Crippen MR) is 230 cm³/mol. The maximum absolute atomic E-state index is 16.1. The number of halogens is 23. The first-order valence-electron chi connectivity index (χ1n) is 16.1. The van der Waals surface area contributed by atoms with Crippen molar-refractivity contribution in [1.82, 2.24) is 19.9 Å². The van der Waals surface area contributed by atoms with Gasteiger partial charge in [0.15, 0.2) is 69.8 Å². The molecular weight excluding hydrogens is 1480 g/mol. The summed E-state index contributed by atoms with van der Waals surface area (Å²) in [6.45, 7) is 0. The minimum atomic E-state index is -2.67. The average molecular weight is 1480 g/mol. The van der Waals surface area contributed by atoms with E-state index < -0.39 is 183 Å². The molecule has 0 radical (unpaired) electrons. The van der Waals surface area contributed by atoms with Gasteiger partial charge in [-0.2, -0.15) is 0 Å². The summed E-state index contributed by atoms with van der Waals surface area (Å²) in [4.78, 5) is 17.0. The molecule has 0 aliphatic carbocycles. The van der Waals surface area contributed by atoms with Gasteiger partial charge in [0.1, 0.15) is 0 Å². The van der Waals surface area contributed by atoms with Gasteiger partial charge in [0, 0.05) is 38.0 Å². The number of benzene rings is 3. The van der Waals surface area contributed by atoms with Gasteiger partial charge in [0.25, 0.3) is 0 Å². The Morgan fingerprint density at radius 3 is 0.692 bits per heavy atom. The molecule has 4 nitrogen and oxygen atoms in total. The number of rotatable bonds is 3. The maximum atomic E-state index is 16.1. The van der Waals surface area contributed by atoms with E-state index in [1.807, 2.05) is 0 Å². The van der Waals surface area contributed by atoms with Crippen LogP contribution in [-0.4, -0.2) is 4.98 Å². The molecule has 65 heavy (non-hydrogen) atoms. The molecule has 8 rings (SSSR count). The van der Waals surface area contributed by atoms with E-state index >= 15 is 52.7 Å². The molecule has 0 spiro atoms. The molecule has 1 aliphatic heterocycles. The van der Waals surface area contributed by atoms with E-state index in [2.05, 4.69) is 147 Å². The topological polar surface area (TPSA) is 55.2 Å².